The van der Waals surface area contributed by atoms with Crippen molar-refractivity contribution >= 4 is 74.7 Å². The summed E-state index contributed by atoms with van der Waals surface area (Å²) < 4.78 is 12.2. The number of halogens is 3. The van der Waals surface area contributed by atoms with Crippen LogP contribution in [0.15, 0.2) is 40.2 Å². The molecule has 1 heterocycles. The first-order chi connectivity index (χ1) is 12.9. The second-order valence-electron chi connectivity index (χ2n) is 5.42. The van der Waals surface area contributed by atoms with E-state index in [1.165, 1.54) is 0 Å². The van der Waals surface area contributed by atoms with E-state index in [0.717, 1.165) is 26.5 Å². The summed E-state index contributed by atoms with van der Waals surface area (Å²) in [5.41, 5.74) is 7.18. The molecule has 9 heteroatoms. The Morgan fingerprint density at radius 1 is 1.30 bits per heavy atom. The third kappa shape index (κ3) is 4.90. The van der Waals surface area contributed by atoms with Gasteiger partial charge in [0.15, 0.2) is 16.7 Å². The van der Waals surface area contributed by atoms with E-state index in [2.05, 4.69) is 27.6 Å². The number of nitrogens with two attached hydrogens (primary N) is 1. The van der Waals surface area contributed by atoms with Crippen LogP contribution in [0.1, 0.15) is 11.1 Å². The Bertz CT molecular complexity index is 979. The highest BCUT2D eigenvalue weighted by Gasteiger charge is 2.20. The van der Waals surface area contributed by atoms with E-state index in [0.29, 0.717) is 26.4 Å². The summed E-state index contributed by atoms with van der Waals surface area (Å²) in [7, 11) is 1.56. The van der Waals surface area contributed by atoms with Gasteiger partial charge in [-0.25, -0.2) is 0 Å². The molecular weight excluding hydrogens is 522 g/mol. The minimum absolute atomic E-state index is 0.243. The van der Waals surface area contributed by atoms with Gasteiger partial charge in [-0.15, -0.1) is 0 Å². The van der Waals surface area contributed by atoms with Gasteiger partial charge in [-0.3, -0.25) is 4.79 Å². The average Bonchev–Trinajstić information content (AvgIpc) is 2.92. The van der Waals surface area contributed by atoms with Crippen molar-refractivity contribution in [3.05, 3.63) is 60.0 Å². The van der Waals surface area contributed by atoms with Crippen molar-refractivity contribution in [2.45, 2.75) is 6.61 Å². The summed E-state index contributed by atoms with van der Waals surface area (Å²) in [5, 5.41) is 1.34. The zero-order valence-electron chi connectivity index (χ0n) is 14.0. The Morgan fingerprint density at radius 3 is 2.70 bits per heavy atom. The molecule has 3 rings (SSSR count). The largest absolute Gasteiger partial charge is 0.493 e. The highest BCUT2D eigenvalue weighted by Crippen LogP contribution is 2.37. The molecule has 140 valence electrons. The minimum atomic E-state index is -0.343. The van der Waals surface area contributed by atoms with E-state index in [4.69, 9.17) is 38.4 Å². The van der Waals surface area contributed by atoms with Gasteiger partial charge in [-0.05, 0) is 70.3 Å². The van der Waals surface area contributed by atoms with E-state index in [1.807, 2.05) is 12.1 Å². The van der Waals surface area contributed by atoms with Crippen LogP contribution in [-0.4, -0.2) is 18.2 Å². The summed E-state index contributed by atoms with van der Waals surface area (Å²) in [6.07, 6.45) is 1.72. The number of benzene rings is 2. The first-order valence-electron chi connectivity index (χ1n) is 7.59. The first kappa shape index (κ1) is 20.3. The molecule has 0 bridgehead atoms. The lowest BCUT2D eigenvalue weighted by molar-refractivity contribution is -0.113. The average molecular weight is 535 g/mol. The van der Waals surface area contributed by atoms with Gasteiger partial charge in [0.05, 0.1) is 15.6 Å². The smallest absolute Gasteiger partial charge is 0.286 e. The first-order valence-corrected chi connectivity index (χ1v) is 10.2. The monoisotopic (exact) mass is 534 g/mol. The third-order valence-corrected chi connectivity index (χ3v) is 5.77. The molecule has 2 N–H and O–H groups in total. The number of methoxy groups -OCH3 is 1. The van der Waals surface area contributed by atoms with Crippen LogP contribution < -0.4 is 15.2 Å². The fraction of sp³-hybridized carbons (Fsp3) is 0.111. The van der Waals surface area contributed by atoms with Crippen LogP contribution >= 0.6 is 57.6 Å². The number of thioether (sulfide) groups is 1. The number of carbonyl (C=O) groups is 1. The highest BCUT2D eigenvalue weighted by molar-refractivity contribution is 14.1. The van der Waals surface area contributed by atoms with Crippen LogP contribution in [0, 0.1) is 3.57 Å². The lowest BCUT2D eigenvalue weighted by Crippen LogP contribution is -2.01. The second-order valence-corrected chi connectivity index (χ2v) is 8.49. The Balaban J connectivity index is 1.84. The van der Waals surface area contributed by atoms with Gasteiger partial charge in [0, 0.05) is 15.6 Å². The number of amidine groups is 1. The van der Waals surface area contributed by atoms with E-state index < -0.39 is 0 Å². The van der Waals surface area contributed by atoms with Crippen molar-refractivity contribution in [2.24, 2.45) is 10.7 Å². The Kier molecular flexibility index (Phi) is 6.56. The van der Waals surface area contributed by atoms with Crippen LogP contribution in [0.25, 0.3) is 6.08 Å². The number of rotatable bonds is 5. The third-order valence-electron chi connectivity index (χ3n) is 3.57. The van der Waals surface area contributed by atoms with E-state index in [-0.39, 0.29) is 17.7 Å². The summed E-state index contributed by atoms with van der Waals surface area (Å²) >= 11 is 15.4. The number of nitrogens with zero attached hydrogens (tertiary/aromatic N) is 1. The Morgan fingerprint density at radius 2 is 2.07 bits per heavy atom. The van der Waals surface area contributed by atoms with Gasteiger partial charge in [0.2, 0.25) is 0 Å². The lowest BCUT2D eigenvalue weighted by Gasteiger charge is -2.14. The number of carbonyl (C=O) groups excluding carboxylic acids is 1. The zero-order valence-corrected chi connectivity index (χ0v) is 18.4. The van der Waals surface area contributed by atoms with Crippen LogP contribution in [0.5, 0.6) is 11.5 Å². The molecule has 0 atom stereocenters. The van der Waals surface area contributed by atoms with Crippen molar-refractivity contribution in [3.8, 4) is 11.5 Å². The van der Waals surface area contributed by atoms with Gasteiger partial charge in [0.25, 0.3) is 5.91 Å². The molecule has 1 aliphatic heterocycles. The molecule has 2 aromatic carbocycles. The van der Waals surface area contributed by atoms with Crippen LogP contribution in [0.3, 0.4) is 0 Å². The molecule has 0 unspecified atom stereocenters. The molecule has 1 aliphatic rings. The Hall–Kier alpha value is -1.42. The van der Waals surface area contributed by atoms with E-state index in [1.54, 1.807) is 31.4 Å². The van der Waals surface area contributed by atoms with Gasteiger partial charge in [-0.2, -0.15) is 4.99 Å². The van der Waals surface area contributed by atoms with Gasteiger partial charge < -0.3 is 15.2 Å². The fourth-order valence-corrected chi connectivity index (χ4v) is 4.25. The predicted octanol–water partition coefficient (Wildman–Crippen LogP) is 5.11. The molecular formula is C18H13Cl2IN2O3S. The molecule has 0 radical (unpaired) electrons. The predicted molar refractivity (Wildman–Crippen MR) is 119 cm³/mol. The van der Waals surface area contributed by atoms with Crippen molar-refractivity contribution < 1.29 is 14.3 Å². The minimum Gasteiger partial charge on any atom is -0.493 e. The molecule has 1 amide bonds. The van der Waals surface area contributed by atoms with Crippen molar-refractivity contribution in [2.75, 3.05) is 7.11 Å². The lowest BCUT2D eigenvalue weighted by atomic mass is 10.2. The normalized spacial score (nSPS) is 15.2. The SMILES string of the molecule is COc1cc(/C=C2\SC(N)=NC2=O)cc(I)c1OCc1ccc(Cl)cc1Cl. The molecule has 27 heavy (non-hydrogen) atoms. The fourth-order valence-electron chi connectivity index (χ4n) is 2.33. The number of hydrogen-bond donors (Lipinski definition) is 1. The topological polar surface area (TPSA) is 73.9 Å². The highest BCUT2D eigenvalue weighted by atomic mass is 127. The maximum Gasteiger partial charge on any atom is 0.286 e. The quantitative estimate of drug-likeness (QED) is 0.426. The maximum atomic E-state index is 11.8. The molecule has 5 nitrogen and oxygen atoms in total. The van der Waals surface area contributed by atoms with Crippen LogP contribution in [0.2, 0.25) is 10.0 Å². The molecule has 0 spiro atoms. The van der Waals surface area contributed by atoms with Gasteiger partial charge in [0.1, 0.15) is 6.61 Å². The van der Waals surface area contributed by atoms with Crippen molar-refractivity contribution in [3.63, 3.8) is 0 Å². The number of amides is 1. The molecule has 2 aromatic rings. The zero-order chi connectivity index (χ0) is 19.6. The standard InChI is InChI=1S/C18H13Cl2IN2O3S/c1-25-14-5-9(6-15-17(24)23-18(22)27-15)4-13(21)16(14)26-8-10-2-3-11(19)7-12(10)20/h2-7H,8H2,1H3,(H2,22,23,24)/b15-6-. The number of ether oxygens (including phenoxy) is 2. The second kappa shape index (κ2) is 8.72. The van der Waals surface area contributed by atoms with Crippen molar-refractivity contribution in [1.29, 1.82) is 0 Å². The van der Waals surface area contributed by atoms with Crippen molar-refractivity contribution in [1.82, 2.24) is 0 Å². The molecule has 0 fully saturated rings. The number of hydrogen-bond acceptors (Lipinski definition) is 5. The van der Waals surface area contributed by atoms with Crippen LogP contribution in [-0.2, 0) is 11.4 Å². The molecule has 0 aromatic heterocycles. The molecule has 0 saturated carbocycles. The van der Waals surface area contributed by atoms with Gasteiger partial charge in [-0.1, -0.05) is 29.3 Å². The van der Waals surface area contributed by atoms with E-state index in [9.17, 15) is 4.79 Å². The summed E-state index contributed by atoms with van der Waals surface area (Å²) in [4.78, 5) is 15.9. The van der Waals surface area contributed by atoms with Gasteiger partial charge >= 0.3 is 0 Å². The Labute approximate surface area is 184 Å². The summed E-state index contributed by atoms with van der Waals surface area (Å²) in [5.74, 6) is 0.791. The summed E-state index contributed by atoms with van der Waals surface area (Å²) in [6, 6.07) is 8.92. The van der Waals surface area contributed by atoms with Crippen LogP contribution in [0.4, 0.5) is 0 Å². The molecule has 0 aliphatic carbocycles. The number of aliphatic imine (C=N–C) groups is 1. The maximum absolute atomic E-state index is 11.8. The molecule has 0 saturated heterocycles. The van der Waals surface area contributed by atoms with E-state index >= 15 is 0 Å². The summed E-state index contributed by atoms with van der Waals surface area (Å²) in [6.45, 7) is 0.265.